The monoisotopic (exact) mass is 286 g/mol. The second kappa shape index (κ2) is 5.47. The number of nitrogens with zero attached hydrogens (tertiary/aromatic N) is 2. The zero-order valence-electron chi connectivity index (χ0n) is 11.9. The first-order valence-electron chi connectivity index (χ1n) is 7.18. The summed E-state index contributed by atoms with van der Waals surface area (Å²) < 4.78 is 0. The first-order valence-corrected chi connectivity index (χ1v) is 7.18. The van der Waals surface area contributed by atoms with Crippen molar-refractivity contribution in [2.24, 2.45) is 11.3 Å². The Morgan fingerprint density at radius 1 is 0.955 bits per heavy atom. The Labute approximate surface area is 129 Å². The van der Waals surface area contributed by atoms with Crippen LogP contribution in [0.5, 0.6) is 0 Å². The number of hydrogen-bond donors (Lipinski definition) is 0. The molecule has 2 atom stereocenters. The summed E-state index contributed by atoms with van der Waals surface area (Å²) in [5.41, 5.74) is 0.508. The van der Waals surface area contributed by atoms with E-state index < -0.39 is 5.41 Å². The summed E-state index contributed by atoms with van der Waals surface area (Å²) in [6.45, 7) is 0. The summed E-state index contributed by atoms with van der Waals surface area (Å²) in [6, 6.07) is 22.8. The van der Waals surface area contributed by atoms with Gasteiger partial charge in [-0.15, -0.1) is 0 Å². The van der Waals surface area contributed by atoms with E-state index in [1.165, 1.54) is 0 Å². The number of nitriles is 2. The van der Waals surface area contributed by atoms with Crippen molar-refractivity contribution in [3.05, 3.63) is 71.8 Å². The zero-order valence-corrected chi connectivity index (χ0v) is 11.9. The lowest BCUT2D eigenvalue weighted by Gasteiger charge is -2.00. The molecule has 0 radical (unpaired) electrons. The topological polar surface area (TPSA) is 64.7 Å². The molecule has 3 rings (SSSR count). The van der Waals surface area contributed by atoms with Crippen LogP contribution in [-0.4, -0.2) is 5.78 Å². The van der Waals surface area contributed by atoms with Crippen LogP contribution < -0.4 is 0 Å². The first kappa shape index (κ1) is 14.0. The maximum Gasteiger partial charge on any atom is 0.163 e. The predicted molar refractivity (Wildman–Crippen MR) is 81.7 cm³/mol. The molecule has 0 saturated heterocycles. The van der Waals surface area contributed by atoms with Gasteiger partial charge in [-0.3, -0.25) is 4.79 Å². The van der Waals surface area contributed by atoms with Gasteiger partial charge in [0, 0.05) is 23.8 Å². The molecule has 0 unspecified atom stereocenters. The molecule has 2 aromatic carbocycles. The molecule has 0 bridgehead atoms. The second-order valence-electron chi connectivity index (χ2n) is 5.58. The molecular weight excluding hydrogens is 272 g/mol. The van der Waals surface area contributed by atoms with Gasteiger partial charge < -0.3 is 0 Å². The summed E-state index contributed by atoms with van der Waals surface area (Å²) in [5.74, 6) is -0.437. The third kappa shape index (κ3) is 2.18. The SMILES string of the molecule is N#CC1(C#N)[C@H](CC(=O)c2ccccc2)[C@H]1c1ccccc1. The molecule has 1 fully saturated rings. The van der Waals surface area contributed by atoms with E-state index in [9.17, 15) is 15.3 Å². The van der Waals surface area contributed by atoms with E-state index in [2.05, 4.69) is 12.1 Å². The maximum atomic E-state index is 12.4. The number of carbonyl (C=O) groups excluding carboxylic acids is 1. The van der Waals surface area contributed by atoms with E-state index in [-0.39, 0.29) is 24.0 Å². The summed E-state index contributed by atoms with van der Waals surface area (Å²) in [6.07, 6.45) is 0.227. The average molecular weight is 286 g/mol. The van der Waals surface area contributed by atoms with Crippen LogP contribution in [0.4, 0.5) is 0 Å². The summed E-state index contributed by atoms with van der Waals surface area (Å²) in [4.78, 5) is 12.4. The Balaban J connectivity index is 1.86. The van der Waals surface area contributed by atoms with Gasteiger partial charge >= 0.3 is 0 Å². The number of Topliss-reactive ketones (excluding diaryl/α,β-unsaturated/α-hetero) is 1. The standard InChI is InChI=1S/C19H14N2O/c20-12-19(13-21)16(18(19)15-9-5-2-6-10-15)11-17(22)14-7-3-1-4-8-14/h1-10,16,18H,11H2/t16-,18-/m1/s1. The fraction of sp³-hybridized carbons (Fsp3) is 0.211. The van der Waals surface area contributed by atoms with Gasteiger partial charge in [-0.25, -0.2) is 0 Å². The van der Waals surface area contributed by atoms with Gasteiger partial charge in [-0.2, -0.15) is 10.5 Å². The molecule has 0 aliphatic heterocycles. The molecule has 3 heteroatoms. The Bertz CT molecular complexity index is 755. The number of ketones is 1. The highest BCUT2D eigenvalue weighted by Crippen LogP contribution is 2.65. The van der Waals surface area contributed by atoms with E-state index in [1.54, 1.807) is 12.1 Å². The van der Waals surface area contributed by atoms with E-state index in [0.29, 0.717) is 5.56 Å². The van der Waals surface area contributed by atoms with Crippen molar-refractivity contribution >= 4 is 5.78 Å². The average Bonchev–Trinajstić information content (AvgIpc) is 3.23. The van der Waals surface area contributed by atoms with Crippen LogP contribution in [0.3, 0.4) is 0 Å². The van der Waals surface area contributed by atoms with Crippen LogP contribution in [0.15, 0.2) is 60.7 Å². The molecule has 1 aliphatic carbocycles. The molecule has 22 heavy (non-hydrogen) atoms. The van der Waals surface area contributed by atoms with Gasteiger partial charge in [0.05, 0.1) is 12.1 Å². The van der Waals surface area contributed by atoms with Crippen LogP contribution in [-0.2, 0) is 0 Å². The van der Waals surface area contributed by atoms with Crippen LogP contribution in [0.25, 0.3) is 0 Å². The van der Waals surface area contributed by atoms with Crippen LogP contribution >= 0.6 is 0 Å². The molecular formula is C19H14N2O. The van der Waals surface area contributed by atoms with Crippen molar-refractivity contribution in [1.29, 1.82) is 10.5 Å². The quantitative estimate of drug-likeness (QED) is 0.805. The van der Waals surface area contributed by atoms with Crippen molar-refractivity contribution in [3.63, 3.8) is 0 Å². The lowest BCUT2D eigenvalue weighted by atomic mass is 10.0. The zero-order chi connectivity index (χ0) is 15.6. The third-order valence-electron chi connectivity index (χ3n) is 4.40. The summed E-state index contributed by atoms with van der Waals surface area (Å²) in [5, 5.41) is 18.9. The highest BCUT2D eigenvalue weighted by atomic mass is 16.1. The van der Waals surface area contributed by atoms with Crippen LogP contribution in [0, 0.1) is 34.0 Å². The molecule has 106 valence electrons. The van der Waals surface area contributed by atoms with Gasteiger partial charge in [-0.05, 0) is 5.56 Å². The molecule has 1 aliphatic rings. The highest BCUT2D eigenvalue weighted by molar-refractivity contribution is 5.96. The molecule has 0 N–H and O–H groups in total. The normalized spacial score (nSPS) is 21.4. The lowest BCUT2D eigenvalue weighted by Crippen LogP contribution is -2.04. The second-order valence-corrected chi connectivity index (χ2v) is 5.58. The minimum Gasteiger partial charge on any atom is -0.294 e. The number of hydrogen-bond acceptors (Lipinski definition) is 3. The number of benzene rings is 2. The Morgan fingerprint density at radius 2 is 1.50 bits per heavy atom. The fourth-order valence-corrected chi connectivity index (χ4v) is 3.17. The minimum atomic E-state index is -1.08. The highest BCUT2D eigenvalue weighted by Gasteiger charge is 2.67. The fourth-order valence-electron chi connectivity index (χ4n) is 3.17. The van der Waals surface area contributed by atoms with E-state index in [0.717, 1.165) is 5.56 Å². The smallest absolute Gasteiger partial charge is 0.163 e. The van der Waals surface area contributed by atoms with Gasteiger partial charge in [0.2, 0.25) is 0 Å². The number of carbonyl (C=O) groups is 1. The van der Waals surface area contributed by atoms with Crippen molar-refractivity contribution in [3.8, 4) is 12.1 Å². The minimum absolute atomic E-state index is 0.0149. The molecule has 0 aromatic heterocycles. The first-order chi connectivity index (χ1) is 10.7. The van der Waals surface area contributed by atoms with E-state index in [1.807, 2.05) is 48.5 Å². The molecule has 2 aromatic rings. The Hall–Kier alpha value is -2.91. The van der Waals surface area contributed by atoms with Crippen LogP contribution in [0.1, 0.15) is 28.3 Å². The maximum absolute atomic E-state index is 12.4. The predicted octanol–water partition coefficient (Wildman–Crippen LogP) is 3.71. The molecule has 1 saturated carbocycles. The molecule has 0 spiro atoms. The molecule has 0 amide bonds. The van der Waals surface area contributed by atoms with Crippen molar-refractivity contribution in [1.82, 2.24) is 0 Å². The largest absolute Gasteiger partial charge is 0.294 e. The van der Waals surface area contributed by atoms with Gasteiger partial charge in [0.1, 0.15) is 0 Å². The van der Waals surface area contributed by atoms with Crippen molar-refractivity contribution < 1.29 is 4.79 Å². The summed E-state index contributed by atoms with van der Waals surface area (Å²) >= 11 is 0. The van der Waals surface area contributed by atoms with Gasteiger partial charge in [0.25, 0.3) is 0 Å². The third-order valence-corrected chi connectivity index (χ3v) is 4.40. The van der Waals surface area contributed by atoms with E-state index >= 15 is 0 Å². The number of rotatable bonds is 4. The van der Waals surface area contributed by atoms with Crippen molar-refractivity contribution in [2.75, 3.05) is 0 Å². The Morgan fingerprint density at radius 3 is 2.05 bits per heavy atom. The van der Waals surface area contributed by atoms with Gasteiger partial charge in [0.15, 0.2) is 11.2 Å². The van der Waals surface area contributed by atoms with Crippen LogP contribution in [0.2, 0.25) is 0 Å². The lowest BCUT2D eigenvalue weighted by molar-refractivity contribution is 0.0973. The Kier molecular flexibility index (Phi) is 3.49. The molecule has 3 nitrogen and oxygen atoms in total. The molecule has 0 heterocycles. The van der Waals surface area contributed by atoms with Crippen molar-refractivity contribution in [2.45, 2.75) is 12.3 Å². The van der Waals surface area contributed by atoms with Gasteiger partial charge in [-0.1, -0.05) is 60.7 Å². The summed E-state index contributed by atoms with van der Waals surface area (Å²) in [7, 11) is 0. The van der Waals surface area contributed by atoms with E-state index in [4.69, 9.17) is 0 Å².